The largest absolute Gasteiger partial charge is 0.507 e. The zero-order valence-corrected chi connectivity index (χ0v) is 9.98. The predicted octanol–water partition coefficient (Wildman–Crippen LogP) is 3.12. The number of rotatable bonds is 2. The van der Waals surface area contributed by atoms with Gasteiger partial charge in [-0.1, -0.05) is 12.1 Å². The lowest BCUT2D eigenvalue weighted by Gasteiger charge is -2.07. The van der Waals surface area contributed by atoms with Gasteiger partial charge in [0, 0.05) is 0 Å². The first-order valence-corrected chi connectivity index (χ1v) is 5.39. The van der Waals surface area contributed by atoms with E-state index in [9.17, 15) is 18.7 Å². The summed E-state index contributed by atoms with van der Waals surface area (Å²) in [6, 6.07) is 7.54. The maximum atomic E-state index is 13.2. The van der Waals surface area contributed by atoms with Crippen LogP contribution in [0.15, 0.2) is 36.4 Å². The molecule has 0 spiro atoms. The molecule has 0 heterocycles. The molecular formula is C14H10F2O3. The Labute approximate surface area is 108 Å². The van der Waals surface area contributed by atoms with E-state index in [-0.39, 0.29) is 11.3 Å². The number of methoxy groups -OCH3 is 1. The fraction of sp³-hybridized carbons (Fsp3) is 0.0714. The standard InChI is InChI=1S/C14H10F2O3/c1-19-14(18)10-6-8(3-5-13(10)17)9-2-4-11(15)12(16)7-9/h2-7,17H,1H3. The number of halogens is 2. The third-order valence-electron chi connectivity index (χ3n) is 2.65. The molecule has 0 fully saturated rings. The van der Waals surface area contributed by atoms with E-state index in [4.69, 9.17) is 0 Å². The first kappa shape index (κ1) is 13.0. The summed E-state index contributed by atoms with van der Waals surface area (Å²) >= 11 is 0. The van der Waals surface area contributed by atoms with Gasteiger partial charge in [-0.2, -0.15) is 0 Å². The van der Waals surface area contributed by atoms with Crippen molar-refractivity contribution in [2.45, 2.75) is 0 Å². The molecule has 0 radical (unpaired) electrons. The van der Waals surface area contributed by atoms with Crippen molar-refractivity contribution in [1.29, 1.82) is 0 Å². The minimum Gasteiger partial charge on any atom is -0.507 e. The van der Waals surface area contributed by atoms with Gasteiger partial charge in [-0.3, -0.25) is 0 Å². The van der Waals surface area contributed by atoms with Gasteiger partial charge >= 0.3 is 5.97 Å². The molecule has 0 atom stereocenters. The highest BCUT2D eigenvalue weighted by Crippen LogP contribution is 2.27. The normalized spacial score (nSPS) is 10.3. The summed E-state index contributed by atoms with van der Waals surface area (Å²) in [6.07, 6.45) is 0. The lowest BCUT2D eigenvalue weighted by atomic mass is 10.0. The number of ether oxygens (including phenoxy) is 1. The number of esters is 1. The summed E-state index contributed by atoms with van der Waals surface area (Å²) in [7, 11) is 1.19. The molecule has 98 valence electrons. The van der Waals surface area contributed by atoms with Crippen LogP contribution in [0.1, 0.15) is 10.4 Å². The maximum absolute atomic E-state index is 13.2. The van der Waals surface area contributed by atoms with Crippen molar-refractivity contribution in [2.24, 2.45) is 0 Å². The molecule has 0 aliphatic rings. The zero-order chi connectivity index (χ0) is 14.0. The Kier molecular flexibility index (Phi) is 3.46. The van der Waals surface area contributed by atoms with Crippen LogP contribution in [-0.4, -0.2) is 18.2 Å². The molecule has 2 aromatic carbocycles. The number of carbonyl (C=O) groups is 1. The van der Waals surface area contributed by atoms with Gasteiger partial charge in [-0.05, 0) is 35.4 Å². The molecule has 0 unspecified atom stereocenters. The van der Waals surface area contributed by atoms with Crippen molar-refractivity contribution in [3.8, 4) is 16.9 Å². The number of phenols is 1. The smallest absolute Gasteiger partial charge is 0.341 e. The molecule has 0 saturated carbocycles. The van der Waals surface area contributed by atoms with Crippen molar-refractivity contribution >= 4 is 5.97 Å². The molecule has 2 aromatic rings. The van der Waals surface area contributed by atoms with Gasteiger partial charge in [0.25, 0.3) is 0 Å². The van der Waals surface area contributed by atoms with Crippen molar-refractivity contribution in [1.82, 2.24) is 0 Å². The summed E-state index contributed by atoms with van der Waals surface area (Å²) in [5, 5.41) is 9.55. The Bertz CT molecular complexity index is 639. The van der Waals surface area contributed by atoms with Gasteiger partial charge in [0.05, 0.1) is 7.11 Å². The number of carbonyl (C=O) groups excluding carboxylic acids is 1. The monoisotopic (exact) mass is 264 g/mol. The van der Waals surface area contributed by atoms with Gasteiger partial charge in [-0.25, -0.2) is 13.6 Å². The van der Waals surface area contributed by atoms with E-state index in [0.29, 0.717) is 11.1 Å². The van der Waals surface area contributed by atoms with Crippen molar-refractivity contribution < 1.29 is 23.4 Å². The summed E-state index contributed by atoms with van der Waals surface area (Å²) in [5.41, 5.74) is 0.825. The number of phenolic OH excluding ortho intramolecular Hbond substituents is 1. The third kappa shape index (κ3) is 2.54. The Hall–Kier alpha value is -2.43. The molecule has 0 aromatic heterocycles. The zero-order valence-electron chi connectivity index (χ0n) is 9.98. The first-order chi connectivity index (χ1) is 9.02. The average Bonchev–Trinajstić information content (AvgIpc) is 2.41. The number of benzene rings is 2. The van der Waals surface area contributed by atoms with Crippen LogP contribution in [0.5, 0.6) is 5.75 Å². The second-order valence-electron chi connectivity index (χ2n) is 3.85. The first-order valence-electron chi connectivity index (χ1n) is 5.39. The van der Waals surface area contributed by atoms with E-state index in [1.54, 1.807) is 0 Å². The number of hydrogen-bond donors (Lipinski definition) is 1. The maximum Gasteiger partial charge on any atom is 0.341 e. The summed E-state index contributed by atoms with van der Waals surface area (Å²) in [6.45, 7) is 0. The van der Waals surface area contributed by atoms with Gasteiger partial charge < -0.3 is 9.84 Å². The molecular weight excluding hydrogens is 254 g/mol. The fourth-order valence-electron chi connectivity index (χ4n) is 1.66. The quantitative estimate of drug-likeness (QED) is 0.848. The highest BCUT2D eigenvalue weighted by molar-refractivity contribution is 5.93. The van der Waals surface area contributed by atoms with Crippen LogP contribution in [-0.2, 0) is 4.74 Å². The molecule has 1 N–H and O–H groups in total. The Morgan fingerprint density at radius 3 is 2.32 bits per heavy atom. The van der Waals surface area contributed by atoms with Crippen LogP contribution in [0.2, 0.25) is 0 Å². The molecule has 3 nitrogen and oxygen atoms in total. The van der Waals surface area contributed by atoms with Gasteiger partial charge in [0.2, 0.25) is 0 Å². The Balaban J connectivity index is 2.51. The Morgan fingerprint density at radius 1 is 1.05 bits per heavy atom. The molecule has 2 rings (SSSR count). The van der Waals surface area contributed by atoms with Crippen molar-refractivity contribution in [2.75, 3.05) is 7.11 Å². The van der Waals surface area contributed by atoms with E-state index in [1.165, 1.54) is 31.4 Å². The van der Waals surface area contributed by atoms with E-state index in [0.717, 1.165) is 12.1 Å². The van der Waals surface area contributed by atoms with Gasteiger partial charge in [0.1, 0.15) is 11.3 Å². The summed E-state index contributed by atoms with van der Waals surface area (Å²) in [5.74, 6) is -2.87. The van der Waals surface area contributed by atoms with Gasteiger partial charge in [-0.15, -0.1) is 0 Å². The second kappa shape index (κ2) is 5.06. The molecule has 0 bridgehead atoms. The van der Waals surface area contributed by atoms with Crippen molar-refractivity contribution in [3.63, 3.8) is 0 Å². The Morgan fingerprint density at radius 2 is 1.68 bits per heavy atom. The van der Waals surface area contributed by atoms with E-state index in [1.807, 2.05) is 0 Å². The van der Waals surface area contributed by atoms with E-state index >= 15 is 0 Å². The molecule has 0 amide bonds. The molecule has 19 heavy (non-hydrogen) atoms. The molecule has 0 aliphatic carbocycles. The lowest BCUT2D eigenvalue weighted by Crippen LogP contribution is -2.01. The number of hydrogen-bond acceptors (Lipinski definition) is 3. The minimum atomic E-state index is -0.981. The van der Waals surface area contributed by atoms with E-state index < -0.39 is 17.6 Å². The SMILES string of the molecule is COC(=O)c1cc(-c2ccc(F)c(F)c2)ccc1O. The minimum absolute atomic E-state index is 0.0373. The molecule has 5 heteroatoms. The van der Waals surface area contributed by atoms with Crippen LogP contribution < -0.4 is 0 Å². The van der Waals surface area contributed by atoms with Gasteiger partial charge in [0.15, 0.2) is 11.6 Å². The fourth-order valence-corrected chi connectivity index (χ4v) is 1.66. The third-order valence-corrected chi connectivity index (χ3v) is 2.65. The topological polar surface area (TPSA) is 46.5 Å². The predicted molar refractivity (Wildman–Crippen MR) is 64.8 cm³/mol. The van der Waals surface area contributed by atoms with Crippen LogP contribution in [0.4, 0.5) is 8.78 Å². The van der Waals surface area contributed by atoms with Crippen LogP contribution in [0.3, 0.4) is 0 Å². The summed E-state index contributed by atoms with van der Waals surface area (Å²) < 4.78 is 30.5. The number of aromatic hydroxyl groups is 1. The summed E-state index contributed by atoms with van der Waals surface area (Å²) in [4.78, 5) is 11.4. The van der Waals surface area contributed by atoms with Crippen LogP contribution in [0, 0.1) is 11.6 Å². The van der Waals surface area contributed by atoms with Crippen molar-refractivity contribution in [3.05, 3.63) is 53.6 Å². The van der Waals surface area contributed by atoms with Crippen LogP contribution in [0.25, 0.3) is 11.1 Å². The second-order valence-corrected chi connectivity index (χ2v) is 3.85. The molecule has 0 saturated heterocycles. The highest BCUT2D eigenvalue weighted by Gasteiger charge is 2.13. The highest BCUT2D eigenvalue weighted by atomic mass is 19.2. The molecule has 0 aliphatic heterocycles. The average molecular weight is 264 g/mol. The van der Waals surface area contributed by atoms with E-state index in [2.05, 4.69) is 4.74 Å². The lowest BCUT2D eigenvalue weighted by molar-refractivity contribution is 0.0597. The van der Waals surface area contributed by atoms with Crippen LogP contribution >= 0.6 is 0 Å².